The molecule has 44 heavy (non-hydrogen) atoms. The number of aromatic nitrogens is 4. The first-order chi connectivity index (χ1) is 21.0. The summed E-state index contributed by atoms with van der Waals surface area (Å²) < 4.78 is 5.17. The van der Waals surface area contributed by atoms with Crippen molar-refractivity contribution < 1.29 is 24.5 Å². The number of allylic oxidation sites excluding steroid dienone is 1. The SMILES string of the molecule is CCc1c(C)c2cc3[nH]c(cc4nc(c(CC(=O)N(C)CCOC)c5nc(cc1[nH]2)C(C)=C5C(=O)O)CC4C)c(C)c3CO. The standard InChI is InChI=1S/C34H41N5O5/c1-8-21-18(3)26-14-30-23(16-40)19(4)25(37-30)13-24-17(2)11-28(35-24)22(12-31(41)39(6)9-10-44-7)33-32(34(42)43)20(5)27(38-33)15-29(21)36-26/h13-15,17,36-37,40H,8-12,16H2,1-7H3,(H,42,43). The number of nitrogens with zero attached hydrogens (tertiary/aromatic N) is 3. The van der Waals surface area contributed by atoms with Crippen molar-refractivity contribution in [2.75, 3.05) is 27.3 Å². The van der Waals surface area contributed by atoms with Crippen molar-refractivity contribution in [2.45, 2.75) is 66.4 Å². The highest BCUT2D eigenvalue weighted by Crippen LogP contribution is 2.36. The highest BCUT2D eigenvalue weighted by molar-refractivity contribution is 6.24. The highest BCUT2D eigenvalue weighted by atomic mass is 16.5. The number of aliphatic carboxylic acids is 1. The third kappa shape index (κ3) is 5.55. The summed E-state index contributed by atoms with van der Waals surface area (Å²) in [5, 5.41) is 20.7. The second kappa shape index (κ2) is 12.4. The van der Waals surface area contributed by atoms with E-state index >= 15 is 0 Å². The number of amides is 1. The number of nitrogens with one attached hydrogen (secondary N) is 2. The van der Waals surface area contributed by atoms with Gasteiger partial charge in [0.2, 0.25) is 5.91 Å². The van der Waals surface area contributed by atoms with Gasteiger partial charge in [0.15, 0.2) is 0 Å². The summed E-state index contributed by atoms with van der Waals surface area (Å²) in [6.07, 6.45) is 1.24. The molecule has 1 unspecified atom stereocenters. The van der Waals surface area contributed by atoms with Gasteiger partial charge in [0.25, 0.3) is 0 Å². The van der Waals surface area contributed by atoms with Crippen LogP contribution in [0.4, 0.5) is 0 Å². The average molecular weight is 600 g/mol. The fourth-order valence-corrected chi connectivity index (χ4v) is 6.20. The Balaban J connectivity index is 1.93. The van der Waals surface area contributed by atoms with Crippen LogP contribution in [0.1, 0.15) is 77.3 Å². The van der Waals surface area contributed by atoms with E-state index in [1.165, 1.54) is 0 Å². The van der Waals surface area contributed by atoms with E-state index in [-0.39, 0.29) is 36.1 Å². The van der Waals surface area contributed by atoms with Crippen molar-refractivity contribution in [2.24, 2.45) is 0 Å². The molecule has 10 heteroatoms. The number of hydrogen-bond acceptors (Lipinski definition) is 6. The Kier molecular flexibility index (Phi) is 8.76. The zero-order chi connectivity index (χ0) is 31.9. The Morgan fingerprint density at radius 2 is 1.66 bits per heavy atom. The third-order valence-electron chi connectivity index (χ3n) is 9.01. The minimum absolute atomic E-state index is 0.0139. The van der Waals surface area contributed by atoms with Crippen LogP contribution < -0.4 is 0 Å². The average Bonchev–Trinajstić information content (AvgIpc) is 3.68. The molecule has 4 N–H and O–H groups in total. The van der Waals surface area contributed by atoms with Crippen molar-refractivity contribution in [3.8, 4) is 0 Å². The van der Waals surface area contributed by atoms with Crippen molar-refractivity contribution in [1.82, 2.24) is 24.8 Å². The highest BCUT2D eigenvalue weighted by Gasteiger charge is 2.30. The van der Waals surface area contributed by atoms with Gasteiger partial charge in [-0.25, -0.2) is 9.78 Å². The van der Waals surface area contributed by atoms with Gasteiger partial charge in [-0.3, -0.25) is 9.78 Å². The van der Waals surface area contributed by atoms with E-state index < -0.39 is 5.97 Å². The van der Waals surface area contributed by atoms with Crippen molar-refractivity contribution in [1.29, 1.82) is 0 Å². The zero-order valence-electron chi connectivity index (χ0n) is 26.5. The van der Waals surface area contributed by atoms with Crippen LogP contribution in [-0.2, 0) is 40.2 Å². The number of aliphatic hydroxyl groups is 1. The van der Waals surface area contributed by atoms with Gasteiger partial charge in [0.1, 0.15) is 0 Å². The van der Waals surface area contributed by atoms with Gasteiger partial charge in [0, 0.05) is 71.2 Å². The van der Waals surface area contributed by atoms with Crippen molar-refractivity contribution in [3.63, 3.8) is 0 Å². The van der Waals surface area contributed by atoms with Crippen molar-refractivity contribution >= 4 is 45.1 Å². The lowest BCUT2D eigenvalue weighted by molar-refractivity contribution is -0.131. The second-order valence-electron chi connectivity index (χ2n) is 11.8. The number of rotatable bonds is 8. The number of carboxylic acids is 1. The molecule has 0 saturated carbocycles. The number of carbonyl (C=O) groups is 2. The second-order valence-corrected chi connectivity index (χ2v) is 11.8. The van der Waals surface area contributed by atoms with E-state index in [4.69, 9.17) is 14.7 Å². The molecule has 2 aliphatic rings. The first-order valence-corrected chi connectivity index (χ1v) is 15.0. The van der Waals surface area contributed by atoms with Gasteiger partial charge in [-0.05, 0) is 74.1 Å². The van der Waals surface area contributed by atoms with E-state index in [1.807, 2.05) is 25.1 Å². The number of aliphatic hydroxyl groups excluding tert-OH is 1. The molecule has 0 radical (unpaired) electrons. The van der Waals surface area contributed by atoms with Gasteiger partial charge in [-0.2, -0.15) is 0 Å². The predicted molar refractivity (Wildman–Crippen MR) is 171 cm³/mol. The topological polar surface area (TPSA) is 144 Å². The number of likely N-dealkylation sites (N-methyl/N-ethyl adjacent to an activating group) is 1. The third-order valence-corrected chi connectivity index (χ3v) is 9.01. The van der Waals surface area contributed by atoms with Crippen LogP contribution >= 0.6 is 0 Å². The molecule has 0 aliphatic carbocycles. The van der Waals surface area contributed by atoms with Gasteiger partial charge in [0.05, 0.1) is 36.6 Å². The minimum atomic E-state index is -1.10. The van der Waals surface area contributed by atoms with Crippen LogP contribution in [0.15, 0.2) is 18.2 Å². The Bertz CT molecular complexity index is 1850. The Morgan fingerprint density at radius 1 is 1.00 bits per heavy atom. The fraction of sp³-hybridized carbons (Fsp3) is 0.412. The Labute approximate surface area is 256 Å². The molecule has 0 saturated heterocycles. The predicted octanol–water partition coefficient (Wildman–Crippen LogP) is 5.00. The molecular weight excluding hydrogens is 558 g/mol. The van der Waals surface area contributed by atoms with E-state index in [0.29, 0.717) is 42.1 Å². The molecule has 0 aromatic carbocycles. The lowest BCUT2D eigenvalue weighted by atomic mass is 9.96. The summed E-state index contributed by atoms with van der Waals surface area (Å²) in [5.41, 5.74) is 10.7. The van der Waals surface area contributed by atoms with Gasteiger partial charge >= 0.3 is 5.97 Å². The molecule has 1 atom stereocenters. The molecule has 0 fully saturated rings. The molecule has 8 bridgehead atoms. The van der Waals surface area contributed by atoms with Crippen LogP contribution in [0.5, 0.6) is 0 Å². The van der Waals surface area contributed by atoms with Gasteiger partial charge < -0.3 is 29.8 Å². The van der Waals surface area contributed by atoms with Crippen LogP contribution in [0.2, 0.25) is 0 Å². The fourth-order valence-electron chi connectivity index (χ4n) is 6.20. The molecule has 1 amide bonds. The largest absolute Gasteiger partial charge is 0.478 e. The van der Waals surface area contributed by atoms with E-state index in [9.17, 15) is 19.8 Å². The smallest absolute Gasteiger partial charge is 0.338 e. The maximum absolute atomic E-state index is 13.5. The molecule has 5 heterocycles. The molecular formula is C34H41N5O5. The monoisotopic (exact) mass is 599 g/mol. The number of carboxylic acid groups (broad SMARTS) is 1. The van der Waals surface area contributed by atoms with Crippen molar-refractivity contribution in [3.05, 3.63) is 68.8 Å². The number of H-pyrrole nitrogens is 2. The summed E-state index contributed by atoms with van der Waals surface area (Å²) in [5.74, 6) is -1.26. The van der Waals surface area contributed by atoms with Crippen LogP contribution in [0.3, 0.4) is 0 Å². The molecule has 3 aromatic heterocycles. The first-order valence-electron chi connectivity index (χ1n) is 15.0. The molecule has 5 rings (SSSR count). The molecule has 2 aliphatic heterocycles. The number of methoxy groups -OCH3 is 1. The number of aryl methyl sites for hydroxylation is 3. The number of ether oxygens (including phenoxy) is 1. The molecule has 3 aromatic rings. The quantitative estimate of drug-likeness (QED) is 0.285. The van der Waals surface area contributed by atoms with Crippen LogP contribution in [0.25, 0.3) is 33.2 Å². The Morgan fingerprint density at radius 3 is 2.30 bits per heavy atom. The maximum Gasteiger partial charge on any atom is 0.338 e. The lowest BCUT2D eigenvalue weighted by Crippen LogP contribution is -2.31. The first kappa shape index (κ1) is 31.2. The van der Waals surface area contributed by atoms with Crippen LogP contribution in [-0.4, -0.2) is 74.2 Å². The summed E-state index contributed by atoms with van der Waals surface area (Å²) >= 11 is 0. The summed E-state index contributed by atoms with van der Waals surface area (Å²) in [4.78, 5) is 44.8. The van der Waals surface area contributed by atoms with Gasteiger partial charge in [-0.1, -0.05) is 13.8 Å². The molecule has 0 spiro atoms. The summed E-state index contributed by atoms with van der Waals surface area (Å²) in [6.45, 7) is 10.6. The lowest BCUT2D eigenvalue weighted by Gasteiger charge is -2.17. The summed E-state index contributed by atoms with van der Waals surface area (Å²) in [7, 11) is 3.29. The Hall–Kier alpha value is -4.28. The van der Waals surface area contributed by atoms with Crippen LogP contribution in [0, 0.1) is 13.8 Å². The molecule has 232 valence electrons. The van der Waals surface area contributed by atoms with E-state index in [2.05, 4.69) is 30.7 Å². The van der Waals surface area contributed by atoms with Gasteiger partial charge in [-0.15, -0.1) is 0 Å². The van der Waals surface area contributed by atoms with E-state index in [1.54, 1.807) is 26.0 Å². The number of carbonyl (C=O) groups excluding carboxylic acids is 1. The summed E-state index contributed by atoms with van der Waals surface area (Å²) in [6, 6.07) is 5.90. The zero-order valence-corrected chi connectivity index (χ0v) is 26.5. The minimum Gasteiger partial charge on any atom is -0.478 e. The maximum atomic E-state index is 13.5. The number of aromatic amines is 2. The van der Waals surface area contributed by atoms with E-state index in [0.717, 1.165) is 56.4 Å². The molecule has 10 nitrogen and oxygen atoms in total. The number of hydrogen-bond donors (Lipinski definition) is 4. The number of fused-ring (bicyclic) bond motifs is 8. The normalized spacial score (nSPS) is 14.8.